The van der Waals surface area contributed by atoms with Gasteiger partial charge in [0.1, 0.15) is 5.75 Å². The Morgan fingerprint density at radius 3 is 2.24 bits per heavy atom. The van der Waals surface area contributed by atoms with Gasteiger partial charge in [0.2, 0.25) is 5.91 Å². The number of nitrogens with zero attached hydrogens (tertiary/aromatic N) is 1. The van der Waals surface area contributed by atoms with Crippen LogP contribution in [0.25, 0.3) is 0 Å². The molecule has 0 radical (unpaired) electrons. The van der Waals surface area contributed by atoms with E-state index in [1.54, 1.807) is 66.7 Å². The highest BCUT2D eigenvalue weighted by Gasteiger charge is 2.21. The van der Waals surface area contributed by atoms with E-state index in [0.29, 0.717) is 28.6 Å². The minimum atomic E-state index is -3.80. The standard InChI is InChI=1S/C24H25N3O5S2/c1-27(20-8-4-3-5-9-20)34(30,31)22-10-6-7-19(15-22)26-23(28)16-32-21-13-11-18(12-14-21)25-24(29)17-33-2/h3-15H,16-17H2,1-2H3,(H,25,29)(H,26,28). The van der Waals surface area contributed by atoms with Gasteiger partial charge in [-0.25, -0.2) is 8.42 Å². The molecule has 0 saturated heterocycles. The molecule has 3 aromatic carbocycles. The zero-order valence-electron chi connectivity index (χ0n) is 18.7. The first-order valence-electron chi connectivity index (χ1n) is 10.2. The molecule has 0 saturated carbocycles. The third kappa shape index (κ3) is 6.75. The number of benzene rings is 3. The second kappa shape index (κ2) is 11.6. The molecule has 10 heteroatoms. The molecule has 3 rings (SSSR count). The zero-order valence-corrected chi connectivity index (χ0v) is 20.4. The van der Waals surface area contributed by atoms with Crippen LogP contribution in [0.15, 0.2) is 83.8 Å². The first-order chi connectivity index (χ1) is 16.3. The second-order valence-corrected chi connectivity index (χ2v) is 10.0. The Hall–Kier alpha value is -3.50. The lowest BCUT2D eigenvalue weighted by Gasteiger charge is -2.20. The average Bonchev–Trinajstić information content (AvgIpc) is 2.84. The highest BCUT2D eigenvalue weighted by molar-refractivity contribution is 7.99. The molecule has 2 amide bonds. The lowest BCUT2D eigenvalue weighted by molar-refractivity contribution is -0.118. The highest BCUT2D eigenvalue weighted by atomic mass is 32.2. The summed E-state index contributed by atoms with van der Waals surface area (Å²) in [5, 5.41) is 5.40. The molecule has 2 N–H and O–H groups in total. The van der Waals surface area contributed by atoms with E-state index < -0.39 is 15.9 Å². The normalized spacial score (nSPS) is 10.9. The van der Waals surface area contributed by atoms with Gasteiger partial charge in [0.15, 0.2) is 6.61 Å². The predicted molar refractivity (Wildman–Crippen MR) is 136 cm³/mol. The summed E-state index contributed by atoms with van der Waals surface area (Å²) in [6.45, 7) is -0.265. The number of hydrogen-bond acceptors (Lipinski definition) is 6. The second-order valence-electron chi connectivity index (χ2n) is 7.18. The van der Waals surface area contributed by atoms with Crippen molar-refractivity contribution in [2.75, 3.05) is 40.6 Å². The smallest absolute Gasteiger partial charge is 0.264 e. The summed E-state index contributed by atoms with van der Waals surface area (Å²) in [6.07, 6.45) is 1.85. The van der Waals surface area contributed by atoms with Crippen molar-refractivity contribution in [2.24, 2.45) is 0 Å². The molecule has 0 aliphatic heterocycles. The number of para-hydroxylation sites is 1. The van der Waals surface area contributed by atoms with E-state index in [9.17, 15) is 18.0 Å². The number of nitrogens with one attached hydrogen (secondary N) is 2. The van der Waals surface area contributed by atoms with Gasteiger partial charge in [-0.2, -0.15) is 11.8 Å². The third-order valence-electron chi connectivity index (χ3n) is 4.68. The molecule has 0 spiro atoms. The molecule has 0 aliphatic rings. The molecule has 34 heavy (non-hydrogen) atoms. The van der Waals surface area contributed by atoms with Crippen molar-refractivity contribution in [3.05, 3.63) is 78.9 Å². The maximum absolute atomic E-state index is 13.0. The van der Waals surface area contributed by atoms with Crippen LogP contribution in [0.4, 0.5) is 17.1 Å². The van der Waals surface area contributed by atoms with E-state index in [2.05, 4.69) is 10.6 Å². The molecule has 0 aromatic heterocycles. The van der Waals surface area contributed by atoms with E-state index in [0.717, 1.165) is 0 Å². The summed E-state index contributed by atoms with van der Waals surface area (Å²) in [4.78, 5) is 24.0. The van der Waals surface area contributed by atoms with E-state index in [-0.39, 0.29) is 17.4 Å². The first-order valence-corrected chi connectivity index (χ1v) is 13.1. The lowest BCUT2D eigenvalue weighted by atomic mass is 10.3. The summed E-state index contributed by atoms with van der Waals surface area (Å²) in [5.41, 5.74) is 1.50. The molecule has 0 atom stereocenters. The van der Waals surface area contributed by atoms with Crippen molar-refractivity contribution in [2.45, 2.75) is 4.90 Å². The zero-order chi connectivity index (χ0) is 24.6. The van der Waals surface area contributed by atoms with Crippen LogP contribution in [0.2, 0.25) is 0 Å². The van der Waals surface area contributed by atoms with Crippen LogP contribution in [0, 0.1) is 0 Å². The lowest BCUT2D eigenvalue weighted by Crippen LogP contribution is -2.26. The third-order valence-corrected chi connectivity index (χ3v) is 7.01. The monoisotopic (exact) mass is 499 g/mol. The summed E-state index contributed by atoms with van der Waals surface area (Å²) in [7, 11) is -2.33. The largest absolute Gasteiger partial charge is 0.484 e. The predicted octanol–water partition coefficient (Wildman–Crippen LogP) is 3.83. The first kappa shape index (κ1) is 25.1. The van der Waals surface area contributed by atoms with Gasteiger partial charge in [-0.3, -0.25) is 13.9 Å². The number of carbonyl (C=O) groups excluding carboxylic acids is 2. The molecule has 0 aliphatic carbocycles. The molecule has 0 unspecified atom stereocenters. The fourth-order valence-electron chi connectivity index (χ4n) is 2.98. The Labute approximate surface area is 203 Å². The summed E-state index contributed by atoms with van der Waals surface area (Å²) < 4.78 is 32.6. The molecule has 0 heterocycles. The maximum atomic E-state index is 13.0. The quantitative estimate of drug-likeness (QED) is 0.439. The molecule has 3 aromatic rings. The maximum Gasteiger partial charge on any atom is 0.264 e. The Morgan fingerprint density at radius 2 is 1.56 bits per heavy atom. The fourth-order valence-corrected chi connectivity index (χ4v) is 4.55. The van der Waals surface area contributed by atoms with Crippen LogP contribution in [-0.4, -0.2) is 45.9 Å². The van der Waals surface area contributed by atoms with E-state index >= 15 is 0 Å². The van der Waals surface area contributed by atoms with Gasteiger partial charge in [-0.1, -0.05) is 24.3 Å². The van der Waals surface area contributed by atoms with E-state index in [4.69, 9.17) is 4.74 Å². The Balaban J connectivity index is 1.58. The van der Waals surface area contributed by atoms with Crippen molar-refractivity contribution in [1.82, 2.24) is 0 Å². The van der Waals surface area contributed by atoms with Gasteiger partial charge < -0.3 is 15.4 Å². The van der Waals surface area contributed by atoms with Crippen LogP contribution in [0.1, 0.15) is 0 Å². The SMILES string of the molecule is CSCC(=O)Nc1ccc(OCC(=O)Nc2cccc(S(=O)(=O)N(C)c3ccccc3)c2)cc1. The van der Waals surface area contributed by atoms with Crippen molar-refractivity contribution >= 4 is 50.7 Å². The average molecular weight is 500 g/mol. The van der Waals surface area contributed by atoms with Crippen LogP contribution >= 0.6 is 11.8 Å². The van der Waals surface area contributed by atoms with Crippen LogP contribution in [0.3, 0.4) is 0 Å². The Morgan fingerprint density at radius 1 is 0.882 bits per heavy atom. The van der Waals surface area contributed by atoms with Crippen LogP contribution < -0.4 is 19.7 Å². The number of ether oxygens (including phenoxy) is 1. The van der Waals surface area contributed by atoms with E-state index in [1.165, 1.54) is 35.2 Å². The summed E-state index contributed by atoms with van der Waals surface area (Å²) in [6, 6.07) is 21.4. The van der Waals surface area contributed by atoms with Crippen molar-refractivity contribution in [1.29, 1.82) is 0 Å². The fraction of sp³-hybridized carbons (Fsp3) is 0.167. The molecule has 0 bridgehead atoms. The molecular formula is C24H25N3O5S2. The van der Waals surface area contributed by atoms with Crippen LogP contribution in [-0.2, 0) is 19.6 Å². The molecular weight excluding hydrogens is 474 g/mol. The van der Waals surface area contributed by atoms with Gasteiger partial charge in [0, 0.05) is 18.4 Å². The molecule has 8 nitrogen and oxygen atoms in total. The Bertz CT molecular complexity index is 1230. The topological polar surface area (TPSA) is 105 Å². The van der Waals surface area contributed by atoms with Crippen LogP contribution in [0.5, 0.6) is 5.75 Å². The van der Waals surface area contributed by atoms with Gasteiger partial charge >= 0.3 is 0 Å². The number of thioether (sulfide) groups is 1. The number of rotatable bonds is 10. The minimum absolute atomic E-state index is 0.0525. The number of carbonyl (C=O) groups is 2. The van der Waals surface area contributed by atoms with Gasteiger partial charge in [-0.15, -0.1) is 0 Å². The Kier molecular flexibility index (Phi) is 8.55. The van der Waals surface area contributed by atoms with Crippen molar-refractivity contribution in [3.63, 3.8) is 0 Å². The number of hydrogen-bond donors (Lipinski definition) is 2. The van der Waals surface area contributed by atoms with Gasteiger partial charge in [-0.05, 0) is 60.9 Å². The number of sulfonamides is 1. The number of amides is 2. The van der Waals surface area contributed by atoms with Crippen molar-refractivity contribution in [3.8, 4) is 5.75 Å². The summed E-state index contributed by atoms with van der Waals surface area (Å²) >= 11 is 1.43. The highest BCUT2D eigenvalue weighted by Crippen LogP contribution is 2.24. The van der Waals surface area contributed by atoms with Gasteiger partial charge in [0.05, 0.1) is 16.3 Å². The molecule has 0 fully saturated rings. The van der Waals surface area contributed by atoms with E-state index in [1.807, 2.05) is 6.26 Å². The number of anilines is 3. The van der Waals surface area contributed by atoms with Gasteiger partial charge in [0.25, 0.3) is 15.9 Å². The molecule has 178 valence electrons. The van der Waals surface area contributed by atoms with Crippen molar-refractivity contribution < 1.29 is 22.7 Å². The minimum Gasteiger partial charge on any atom is -0.484 e. The summed E-state index contributed by atoms with van der Waals surface area (Å²) in [5.74, 6) is 0.283.